The van der Waals surface area contributed by atoms with Crippen LogP contribution in [-0.2, 0) is 6.54 Å². The van der Waals surface area contributed by atoms with E-state index >= 15 is 0 Å². The zero-order valence-corrected chi connectivity index (χ0v) is 11.7. The van der Waals surface area contributed by atoms with Crippen LogP contribution in [0.3, 0.4) is 0 Å². The van der Waals surface area contributed by atoms with E-state index in [0.717, 1.165) is 28.6 Å². The summed E-state index contributed by atoms with van der Waals surface area (Å²) in [7, 11) is 2.04. The molecular formula is C13H18N4S. The Morgan fingerprint density at radius 3 is 2.72 bits per heavy atom. The number of anilines is 1. The number of thiazole rings is 1. The van der Waals surface area contributed by atoms with Crippen LogP contribution in [0.1, 0.15) is 29.4 Å². The SMILES string of the molecule is Cc1nc(CN(C)c2ccc([C@@H](C)N)nc2)cs1. The maximum atomic E-state index is 5.78. The molecule has 0 radical (unpaired) electrons. The van der Waals surface area contributed by atoms with Crippen LogP contribution in [0, 0.1) is 6.92 Å². The van der Waals surface area contributed by atoms with Crippen molar-refractivity contribution < 1.29 is 0 Å². The van der Waals surface area contributed by atoms with E-state index in [1.165, 1.54) is 0 Å². The van der Waals surface area contributed by atoms with Gasteiger partial charge in [0, 0.05) is 18.5 Å². The van der Waals surface area contributed by atoms with E-state index in [-0.39, 0.29) is 6.04 Å². The molecule has 0 spiro atoms. The molecule has 0 aromatic carbocycles. The van der Waals surface area contributed by atoms with Crippen molar-refractivity contribution in [2.45, 2.75) is 26.4 Å². The van der Waals surface area contributed by atoms with E-state index in [2.05, 4.69) is 20.2 Å². The second kappa shape index (κ2) is 5.46. The molecular weight excluding hydrogens is 244 g/mol. The maximum absolute atomic E-state index is 5.78. The van der Waals surface area contributed by atoms with Crippen LogP contribution in [-0.4, -0.2) is 17.0 Å². The monoisotopic (exact) mass is 262 g/mol. The van der Waals surface area contributed by atoms with Crippen LogP contribution in [0.5, 0.6) is 0 Å². The van der Waals surface area contributed by atoms with E-state index in [0.29, 0.717) is 0 Å². The van der Waals surface area contributed by atoms with Crippen molar-refractivity contribution >= 4 is 17.0 Å². The van der Waals surface area contributed by atoms with Gasteiger partial charge in [-0.15, -0.1) is 11.3 Å². The van der Waals surface area contributed by atoms with Gasteiger partial charge in [-0.05, 0) is 26.0 Å². The third-order valence-corrected chi connectivity index (χ3v) is 3.57. The lowest BCUT2D eigenvalue weighted by atomic mass is 10.2. The van der Waals surface area contributed by atoms with E-state index in [9.17, 15) is 0 Å². The van der Waals surface area contributed by atoms with Crippen LogP contribution in [0.4, 0.5) is 5.69 Å². The van der Waals surface area contributed by atoms with Crippen molar-refractivity contribution in [3.63, 3.8) is 0 Å². The van der Waals surface area contributed by atoms with Gasteiger partial charge in [-0.1, -0.05) is 0 Å². The minimum absolute atomic E-state index is 0.0226. The van der Waals surface area contributed by atoms with Crippen LogP contribution in [0.25, 0.3) is 0 Å². The molecule has 5 heteroatoms. The normalized spacial score (nSPS) is 12.4. The maximum Gasteiger partial charge on any atom is 0.0898 e. The molecule has 2 rings (SSSR count). The Bertz CT molecular complexity index is 504. The van der Waals surface area contributed by atoms with Gasteiger partial charge in [0.1, 0.15) is 0 Å². The van der Waals surface area contributed by atoms with Gasteiger partial charge in [0.2, 0.25) is 0 Å². The van der Waals surface area contributed by atoms with Crippen LogP contribution >= 0.6 is 11.3 Å². The van der Waals surface area contributed by atoms with Gasteiger partial charge in [0.05, 0.1) is 34.8 Å². The lowest BCUT2D eigenvalue weighted by Gasteiger charge is -2.18. The molecule has 2 aromatic rings. The van der Waals surface area contributed by atoms with Gasteiger partial charge in [-0.2, -0.15) is 0 Å². The smallest absolute Gasteiger partial charge is 0.0898 e. The Morgan fingerprint density at radius 2 is 2.22 bits per heavy atom. The number of hydrogen-bond donors (Lipinski definition) is 1. The molecule has 96 valence electrons. The first-order valence-corrected chi connectivity index (χ1v) is 6.78. The summed E-state index contributed by atoms with van der Waals surface area (Å²) in [6, 6.07) is 4.00. The van der Waals surface area contributed by atoms with E-state index in [4.69, 9.17) is 5.73 Å². The Morgan fingerprint density at radius 1 is 1.44 bits per heavy atom. The first-order valence-electron chi connectivity index (χ1n) is 5.90. The third-order valence-electron chi connectivity index (χ3n) is 2.74. The Hall–Kier alpha value is -1.46. The molecule has 2 heterocycles. The molecule has 18 heavy (non-hydrogen) atoms. The Balaban J connectivity index is 2.06. The van der Waals surface area contributed by atoms with Gasteiger partial charge in [-0.25, -0.2) is 4.98 Å². The number of pyridine rings is 1. The highest BCUT2D eigenvalue weighted by Gasteiger charge is 2.06. The summed E-state index contributed by atoms with van der Waals surface area (Å²) in [5.41, 5.74) is 8.86. The minimum Gasteiger partial charge on any atom is -0.367 e. The first-order chi connectivity index (χ1) is 8.56. The average molecular weight is 262 g/mol. The zero-order valence-electron chi connectivity index (χ0n) is 10.9. The lowest BCUT2D eigenvalue weighted by molar-refractivity contribution is 0.778. The summed E-state index contributed by atoms with van der Waals surface area (Å²) in [6.45, 7) is 4.75. The predicted octanol–water partition coefficient (Wildman–Crippen LogP) is 2.50. The first kappa shape index (κ1) is 13.0. The molecule has 0 saturated heterocycles. The largest absolute Gasteiger partial charge is 0.367 e. The lowest BCUT2D eigenvalue weighted by Crippen LogP contribution is -2.17. The summed E-state index contributed by atoms with van der Waals surface area (Å²) in [5.74, 6) is 0. The summed E-state index contributed by atoms with van der Waals surface area (Å²) < 4.78 is 0. The van der Waals surface area contributed by atoms with Gasteiger partial charge in [0.15, 0.2) is 0 Å². The Kier molecular flexibility index (Phi) is 3.93. The highest BCUT2D eigenvalue weighted by Crippen LogP contribution is 2.17. The van der Waals surface area contributed by atoms with Crippen LogP contribution < -0.4 is 10.6 Å². The molecule has 0 aliphatic rings. The van der Waals surface area contributed by atoms with Crippen molar-refractivity contribution in [3.8, 4) is 0 Å². The fourth-order valence-electron chi connectivity index (χ4n) is 1.71. The second-order valence-corrected chi connectivity index (χ2v) is 5.51. The summed E-state index contributed by atoms with van der Waals surface area (Å²) in [5, 5.41) is 3.19. The van der Waals surface area contributed by atoms with Gasteiger partial charge in [-0.3, -0.25) is 4.98 Å². The van der Waals surface area contributed by atoms with Gasteiger partial charge < -0.3 is 10.6 Å². The molecule has 0 aliphatic carbocycles. The molecule has 0 bridgehead atoms. The number of aryl methyl sites for hydroxylation is 1. The molecule has 2 aromatic heterocycles. The summed E-state index contributed by atoms with van der Waals surface area (Å²) in [6.07, 6.45) is 1.86. The molecule has 0 aliphatic heterocycles. The third kappa shape index (κ3) is 3.05. The van der Waals surface area contributed by atoms with Crippen molar-refractivity contribution in [2.24, 2.45) is 5.73 Å². The summed E-state index contributed by atoms with van der Waals surface area (Å²) in [4.78, 5) is 11.0. The molecule has 0 amide bonds. The van der Waals surface area contributed by atoms with Crippen molar-refractivity contribution in [1.82, 2.24) is 9.97 Å². The zero-order chi connectivity index (χ0) is 13.1. The molecule has 0 saturated carbocycles. The molecule has 0 fully saturated rings. The highest BCUT2D eigenvalue weighted by molar-refractivity contribution is 7.09. The molecule has 4 nitrogen and oxygen atoms in total. The highest BCUT2D eigenvalue weighted by atomic mass is 32.1. The quantitative estimate of drug-likeness (QED) is 0.920. The van der Waals surface area contributed by atoms with Crippen LogP contribution in [0.2, 0.25) is 0 Å². The topological polar surface area (TPSA) is 55.0 Å². The molecule has 2 N–H and O–H groups in total. The van der Waals surface area contributed by atoms with Crippen molar-refractivity contribution in [1.29, 1.82) is 0 Å². The average Bonchev–Trinajstić information content (AvgIpc) is 2.75. The van der Waals surface area contributed by atoms with Crippen LogP contribution in [0.15, 0.2) is 23.7 Å². The fourth-order valence-corrected chi connectivity index (χ4v) is 2.31. The number of aromatic nitrogens is 2. The van der Waals surface area contributed by atoms with E-state index in [1.807, 2.05) is 39.2 Å². The van der Waals surface area contributed by atoms with Crippen molar-refractivity contribution in [2.75, 3.05) is 11.9 Å². The number of rotatable bonds is 4. The number of nitrogens with zero attached hydrogens (tertiary/aromatic N) is 3. The Labute approximate surface area is 111 Å². The number of nitrogens with two attached hydrogens (primary N) is 1. The molecule has 0 unspecified atom stereocenters. The van der Waals surface area contributed by atoms with E-state index in [1.54, 1.807) is 11.3 Å². The fraction of sp³-hybridized carbons (Fsp3) is 0.385. The van der Waals surface area contributed by atoms with Crippen molar-refractivity contribution in [3.05, 3.63) is 40.1 Å². The minimum atomic E-state index is -0.0226. The van der Waals surface area contributed by atoms with Gasteiger partial charge >= 0.3 is 0 Å². The number of hydrogen-bond acceptors (Lipinski definition) is 5. The predicted molar refractivity (Wildman–Crippen MR) is 75.8 cm³/mol. The second-order valence-electron chi connectivity index (χ2n) is 4.44. The van der Waals surface area contributed by atoms with E-state index < -0.39 is 0 Å². The van der Waals surface area contributed by atoms with Gasteiger partial charge in [0.25, 0.3) is 0 Å². The standard InChI is InChI=1S/C13H18N4S/c1-9(14)13-5-4-12(6-15-13)17(3)7-11-8-18-10(2)16-11/h4-6,8-9H,7,14H2,1-3H3/t9-/m1/s1. The summed E-state index contributed by atoms with van der Waals surface area (Å²) >= 11 is 1.68. The molecule has 1 atom stereocenters.